The molecule has 1 aliphatic carbocycles. The highest BCUT2D eigenvalue weighted by atomic mass is 32.2. The average molecular weight is 256 g/mol. The van der Waals surface area contributed by atoms with Gasteiger partial charge in [-0.05, 0) is 32.2 Å². The van der Waals surface area contributed by atoms with Crippen LogP contribution in [0.2, 0.25) is 0 Å². The molecule has 0 saturated heterocycles. The molecule has 90 valence electrons. The van der Waals surface area contributed by atoms with Crippen LogP contribution in [0.3, 0.4) is 0 Å². The van der Waals surface area contributed by atoms with Crippen LogP contribution in [-0.4, -0.2) is 23.3 Å². The number of nitrogens with one attached hydrogen (secondary N) is 1. The third-order valence-electron chi connectivity index (χ3n) is 3.45. The summed E-state index contributed by atoms with van der Waals surface area (Å²) in [4.78, 5) is 4.54. The Bertz CT molecular complexity index is 360. The maximum Gasteiger partial charge on any atom is 0.150 e. The van der Waals surface area contributed by atoms with Gasteiger partial charge >= 0.3 is 0 Å². The summed E-state index contributed by atoms with van der Waals surface area (Å²) in [7, 11) is 2.08. The van der Waals surface area contributed by atoms with Crippen LogP contribution in [0.25, 0.3) is 0 Å². The van der Waals surface area contributed by atoms with Crippen molar-refractivity contribution in [2.24, 2.45) is 5.41 Å². The molecule has 0 radical (unpaired) electrons. The Kier molecular flexibility index (Phi) is 3.62. The Morgan fingerprint density at radius 2 is 2.31 bits per heavy atom. The second-order valence-electron chi connectivity index (χ2n) is 5.20. The second-order valence-corrected chi connectivity index (χ2v) is 7.55. The van der Waals surface area contributed by atoms with Gasteiger partial charge in [0, 0.05) is 22.4 Å². The highest BCUT2D eigenvalue weighted by Crippen LogP contribution is 2.45. The molecule has 0 spiro atoms. The summed E-state index contributed by atoms with van der Waals surface area (Å²) < 4.78 is 1.22. The van der Waals surface area contributed by atoms with Gasteiger partial charge in [-0.25, -0.2) is 4.98 Å². The average Bonchev–Trinajstić information content (AvgIpc) is 2.72. The molecular weight excluding hydrogens is 236 g/mol. The van der Waals surface area contributed by atoms with Crippen molar-refractivity contribution in [2.45, 2.75) is 49.2 Å². The molecule has 2 rings (SSSR count). The Morgan fingerprint density at radius 3 is 2.88 bits per heavy atom. The number of thioether (sulfide) groups is 1. The number of nitrogens with zero attached hydrogens (tertiary/aromatic N) is 1. The minimum Gasteiger partial charge on any atom is -0.315 e. The number of thiazole rings is 1. The first-order chi connectivity index (χ1) is 7.53. The van der Waals surface area contributed by atoms with Gasteiger partial charge in [-0.15, -0.1) is 11.3 Å². The molecule has 1 fully saturated rings. The summed E-state index contributed by atoms with van der Waals surface area (Å²) in [5, 5.41) is 6.29. The molecule has 1 N–H and O–H groups in total. The van der Waals surface area contributed by atoms with Crippen molar-refractivity contribution in [3.63, 3.8) is 0 Å². The smallest absolute Gasteiger partial charge is 0.150 e. The van der Waals surface area contributed by atoms with Crippen molar-refractivity contribution in [2.75, 3.05) is 7.05 Å². The van der Waals surface area contributed by atoms with Crippen LogP contribution >= 0.6 is 23.1 Å². The molecule has 0 bridgehead atoms. The number of hydrogen-bond acceptors (Lipinski definition) is 4. The fourth-order valence-corrected chi connectivity index (χ4v) is 5.15. The fourth-order valence-electron chi connectivity index (χ4n) is 2.56. The third-order valence-corrected chi connectivity index (χ3v) is 5.88. The van der Waals surface area contributed by atoms with Gasteiger partial charge in [0.1, 0.15) is 4.34 Å². The van der Waals surface area contributed by atoms with Gasteiger partial charge in [0.2, 0.25) is 0 Å². The molecule has 1 saturated carbocycles. The van der Waals surface area contributed by atoms with Gasteiger partial charge in [0.05, 0.1) is 0 Å². The predicted octanol–water partition coefficient (Wildman–Crippen LogP) is 3.32. The van der Waals surface area contributed by atoms with Crippen molar-refractivity contribution >= 4 is 23.1 Å². The standard InChI is InChI=1S/C12H20N2S2/c1-8-7-15-11(14-8)16-9-5-6-12(2,3)10(9)13-4/h7,9-10,13H,5-6H2,1-4H3. The Labute approximate surface area is 106 Å². The van der Waals surface area contributed by atoms with Crippen LogP contribution in [0.15, 0.2) is 9.72 Å². The minimum atomic E-state index is 0.415. The van der Waals surface area contributed by atoms with Gasteiger partial charge in [0.15, 0.2) is 0 Å². The van der Waals surface area contributed by atoms with E-state index < -0.39 is 0 Å². The van der Waals surface area contributed by atoms with Crippen molar-refractivity contribution in [3.8, 4) is 0 Å². The van der Waals surface area contributed by atoms with Crippen LogP contribution in [0.1, 0.15) is 32.4 Å². The summed E-state index contributed by atoms with van der Waals surface area (Å²) in [5.74, 6) is 0. The van der Waals surface area contributed by atoms with Crippen LogP contribution in [0.5, 0.6) is 0 Å². The lowest BCUT2D eigenvalue weighted by Gasteiger charge is -2.29. The first-order valence-electron chi connectivity index (χ1n) is 5.79. The van der Waals surface area contributed by atoms with E-state index in [1.54, 1.807) is 11.3 Å². The quantitative estimate of drug-likeness (QED) is 0.898. The first-order valence-corrected chi connectivity index (χ1v) is 7.55. The minimum absolute atomic E-state index is 0.415. The van der Waals surface area contributed by atoms with Crippen LogP contribution in [0.4, 0.5) is 0 Å². The van der Waals surface area contributed by atoms with Gasteiger partial charge in [0.25, 0.3) is 0 Å². The number of aryl methyl sites for hydroxylation is 1. The van der Waals surface area contributed by atoms with Gasteiger partial charge < -0.3 is 5.32 Å². The molecule has 0 aromatic carbocycles. The number of aromatic nitrogens is 1. The van der Waals surface area contributed by atoms with Crippen molar-refractivity contribution in [1.29, 1.82) is 0 Å². The van der Waals surface area contributed by atoms with Crippen molar-refractivity contribution < 1.29 is 0 Å². The van der Waals surface area contributed by atoms with E-state index in [1.165, 1.54) is 17.2 Å². The summed E-state index contributed by atoms with van der Waals surface area (Å²) >= 11 is 3.73. The Hall–Kier alpha value is -0.0600. The van der Waals surface area contributed by atoms with E-state index >= 15 is 0 Å². The summed E-state index contributed by atoms with van der Waals surface area (Å²) in [6.07, 6.45) is 2.60. The summed E-state index contributed by atoms with van der Waals surface area (Å²) in [5.41, 5.74) is 1.56. The first kappa shape index (κ1) is 12.4. The van der Waals surface area contributed by atoms with E-state index in [0.29, 0.717) is 16.7 Å². The molecule has 0 amide bonds. The fraction of sp³-hybridized carbons (Fsp3) is 0.750. The Morgan fingerprint density at radius 1 is 1.56 bits per heavy atom. The molecule has 1 heterocycles. The normalized spacial score (nSPS) is 28.5. The molecule has 2 nitrogen and oxygen atoms in total. The zero-order valence-electron chi connectivity index (χ0n) is 10.4. The maximum absolute atomic E-state index is 4.54. The second kappa shape index (κ2) is 4.67. The largest absolute Gasteiger partial charge is 0.315 e. The molecule has 1 aliphatic rings. The number of rotatable bonds is 3. The van der Waals surface area contributed by atoms with Crippen molar-refractivity contribution in [1.82, 2.24) is 10.3 Å². The van der Waals surface area contributed by atoms with E-state index in [0.717, 1.165) is 5.69 Å². The lowest BCUT2D eigenvalue weighted by atomic mass is 9.87. The van der Waals surface area contributed by atoms with Gasteiger partial charge in [-0.1, -0.05) is 25.6 Å². The predicted molar refractivity (Wildman–Crippen MR) is 72.4 cm³/mol. The Balaban J connectivity index is 2.06. The number of hydrogen-bond donors (Lipinski definition) is 1. The third kappa shape index (κ3) is 2.44. The molecule has 1 aromatic heterocycles. The molecule has 1 aromatic rings. The van der Waals surface area contributed by atoms with E-state index in [4.69, 9.17) is 0 Å². The molecule has 2 atom stereocenters. The van der Waals surface area contributed by atoms with Crippen molar-refractivity contribution in [3.05, 3.63) is 11.1 Å². The lowest BCUT2D eigenvalue weighted by Crippen LogP contribution is -2.41. The highest BCUT2D eigenvalue weighted by Gasteiger charge is 2.41. The zero-order chi connectivity index (χ0) is 11.8. The van der Waals surface area contributed by atoms with E-state index in [1.807, 2.05) is 11.8 Å². The molecule has 16 heavy (non-hydrogen) atoms. The lowest BCUT2D eigenvalue weighted by molar-refractivity contribution is 0.300. The monoisotopic (exact) mass is 256 g/mol. The summed E-state index contributed by atoms with van der Waals surface area (Å²) in [6, 6.07) is 0.599. The van der Waals surface area contributed by atoms with E-state index in [-0.39, 0.29) is 0 Å². The SMILES string of the molecule is CNC1C(Sc2nc(C)cs2)CCC1(C)C. The highest BCUT2D eigenvalue weighted by molar-refractivity contribution is 8.01. The van der Waals surface area contributed by atoms with Gasteiger partial charge in [-0.2, -0.15) is 0 Å². The topological polar surface area (TPSA) is 24.9 Å². The van der Waals surface area contributed by atoms with Crippen LogP contribution in [0, 0.1) is 12.3 Å². The van der Waals surface area contributed by atoms with Gasteiger partial charge in [-0.3, -0.25) is 0 Å². The van der Waals surface area contributed by atoms with Crippen LogP contribution in [-0.2, 0) is 0 Å². The molecule has 2 unspecified atom stereocenters. The molecular formula is C12H20N2S2. The van der Waals surface area contributed by atoms with Crippen LogP contribution < -0.4 is 5.32 Å². The maximum atomic E-state index is 4.54. The summed E-state index contributed by atoms with van der Waals surface area (Å²) in [6.45, 7) is 6.79. The molecule has 4 heteroatoms. The van der Waals surface area contributed by atoms with E-state index in [9.17, 15) is 0 Å². The molecule has 0 aliphatic heterocycles. The zero-order valence-corrected chi connectivity index (χ0v) is 12.0. The van der Waals surface area contributed by atoms with E-state index in [2.05, 4.69) is 43.5 Å².